The van der Waals surface area contributed by atoms with Crippen molar-refractivity contribution in [3.05, 3.63) is 38.3 Å². The molecule has 0 amide bonds. The molecule has 0 aliphatic rings. The number of aryl methyl sites for hydroxylation is 1. The molecule has 0 saturated heterocycles. The van der Waals surface area contributed by atoms with Crippen LogP contribution in [-0.2, 0) is 6.42 Å². The Morgan fingerprint density at radius 1 is 1.50 bits per heavy atom. The fourth-order valence-corrected chi connectivity index (χ4v) is 1.63. The van der Waals surface area contributed by atoms with Gasteiger partial charge in [0.2, 0.25) is 0 Å². The minimum atomic E-state index is -0.413. The van der Waals surface area contributed by atoms with E-state index in [1.54, 1.807) is 6.07 Å². The third kappa shape index (κ3) is 2.86. The van der Waals surface area contributed by atoms with E-state index in [-0.39, 0.29) is 5.69 Å². The maximum atomic E-state index is 10.5. The smallest absolute Gasteiger partial charge is 0.258 e. The number of hydrogen-bond donors (Lipinski definition) is 0. The third-order valence-electron chi connectivity index (χ3n) is 1.71. The minimum absolute atomic E-state index is 0.0893. The van der Waals surface area contributed by atoms with Crippen LogP contribution in [0.1, 0.15) is 12.0 Å². The summed E-state index contributed by atoms with van der Waals surface area (Å²) in [6.45, 7) is 0. The molecule has 0 aliphatic carbocycles. The van der Waals surface area contributed by atoms with Crippen LogP contribution < -0.4 is 0 Å². The quantitative estimate of drug-likeness (QED) is 0.472. The lowest BCUT2D eigenvalue weighted by Gasteiger charge is -1.99. The number of non-ortho nitro benzene ring substituents is 1. The van der Waals surface area contributed by atoms with Crippen molar-refractivity contribution in [2.24, 2.45) is 0 Å². The van der Waals surface area contributed by atoms with E-state index in [1.165, 1.54) is 6.07 Å². The molecule has 4 heteroatoms. The Morgan fingerprint density at radius 2 is 2.21 bits per heavy atom. The monoisotopic (exact) mass is 253 g/mol. The number of nitrogens with zero attached hydrogens (tertiary/aromatic N) is 1. The summed E-state index contributed by atoms with van der Waals surface area (Å²) in [4.78, 5) is 10.1. The normalized spacial score (nSPS) is 9.43. The molecule has 14 heavy (non-hydrogen) atoms. The molecule has 0 fully saturated rings. The molecule has 0 heterocycles. The number of nitro benzene ring substituents is 1. The first-order valence-corrected chi connectivity index (χ1v) is 4.80. The Balaban J connectivity index is 2.96. The first kappa shape index (κ1) is 10.7. The summed E-state index contributed by atoms with van der Waals surface area (Å²) in [7, 11) is 0. The molecule has 3 nitrogen and oxygen atoms in total. The fourth-order valence-electron chi connectivity index (χ4n) is 1.10. The lowest BCUT2D eigenvalue weighted by Crippen LogP contribution is -1.91. The van der Waals surface area contributed by atoms with Gasteiger partial charge in [0.05, 0.1) is 4.92 Å². The standard InChI is InChI=1S/C10H8BrNO2/c1-2-3-4-8-5-9(11)7-10(6-8)12(13)14/h1,5-7H,3-4H2. The molecule has 0 saturated carbocycles. The van der Waals surface area contributed by atoms with Gasteiger partial charge >= 0.3 is 0 Å². The predicted octanol–water partition coefficient (Wildman–Crippen LogP) is 2.92. The van der Waals surface area contributed by atoms with Crippen LogP contribution in [0.3, 0.4) is 0 Å². The maximum Gasteiger partial charge on any atom is 0.270 e. The molecule has 0 N–H and O–H groups in total. The Morgan fingerprint density at radius 3 is 2.79 bits per heavy atom. The van der Waals surface area contributed by atoms with Crippen molar-refractivity contribution in [1.29, 1.82) is 0 Å². The van der Waals surface area contributed by atoms with Gasteiger partial charge in [0.1, 0.15) is 0 Å². The number of terminal acetylenes is 1. The highest BCUT2D eigenvalue weighted by molar-refractivity contribution is 9.10. The second kappa shape index (κ2) is 4.77. The Kier molecular flexibility index (Phi) is 3.66. The van der Waals surface area contributed by atoms with Crippen molar-refractivity contribution in [2.45, 2.75) is 12.8 Å². The molecular formula is C10H8BrNO2. The summed E-state index contributed by atoms with van der Waals surface area (Å²) in [6.07, 6.45) is 6.37. The molecule has 0 atom stereocenters. The van der Waals surface area contributed by atoms with Crippen molar-refractivity contribution >= 4 is 21.6 Å². The van der Waals surface area contributed by atoms with Crippen LogP contribution in [0.4, 0.5) is 5.69 Å². The summed E-state index contributed by atoms with van der Waals surface area (Å²) in [5.41, 5.74) is 0.968. The number of rotatable bonds is 3. The lowest BCUT2D eigenvalue weighted by atomic mass is 10.1. The zero-order valence-electron chi connectivity index (χ0n) is 7.37. The molecule has 0 radical (unpaired) electrons. The molecule has 1 rings (SSSR count). The van der Waals surface area contributed by atoms with E-state index in [0.29, 0.717) is 17.3 Å². The highest BCUT2D eigenvalue weighted by Crippen LogP contribution is 2.21. The predicted molar refractivity (Wildman–Crippen MR) is 58.0 cm³/mol. The van der Waals surface area contributed by atoms with Gasteiger partial charge in [0, 0.05) is 23.0 Å². The topological polar surface area (TPSA) is 43.1 Å². The average Bonchev–Trinajstić information content (AvgIpc) is 2.14. The van der Waals surface area contributed by atoms with Crippen LogP contribution in [0.15, 0.2) is 22.7 Å². The van der Waals surface area contributed by atoms with E-state index in [4.69, 9.17) is 6.42 Å². The van der Waals surface area contributed by atoms with Gasteiger partial charge in [0.25, 0.3) is 5.69 Å². The SMILES string of the molecule is C#CCCc1cc(Br)cc([N+](=O)[O-])c1. The minimum Gasteiger partial charge on any atom is -0.258 e. The Hall–Kier alpha value is -1.34. The first-order valence-electron chi connectivity index (χ1n) is 4.01. The van der Waals surface area contributed by atoms with Crippen LogP contribution in [0.5, 0.6) is 0 Å². The average molecular weight is 254 g/mol. The van der Waals surface area contributed by atoms with E-state index in [1.807, 2.05) is 6.07 Å². The van der Waals surface area contributed by atoms with Crippen molar-refractivity contribution in [2.75, 3.05) is 0 Å². The summed E-state index contributed by atoms with van der Waals surface area (Å²) in [6, 6.07) is 4.85. The zero-order valence-corrected chi connectivity index (χ0v) is 8.95. The van der Waals surface area contributed by atoms with E-state index in [9.17, 15) is 10.1 Å². The van der Waals surface area contributed by atoms with Gasteiger partial charge in [-0.2, -0.15) is 0 Å². The number of nitro groups is 1. The highest BCUT2D eigenvalue weighted by atomic mass is 79.9. The number of halogens is 1. The molecule has 0 aromatic heterocycles. The Bertz CT molecular complexity index is 396. The van der Waals surface area contributed by atoms with Crippen molar-refractivity contribution in [1.82, 2.24) is 0 Å². The van der Waals surface area contributed by atoms with E-state index >= 15 is 0 Å². The Labute approximate surface area is 90.4 Å². The molecule has 0 unspecified atom stereocenters. The molecule has 0 aliphatic heterocycles. The molecule has 0 spiro atoms. The summed E-state index contributed by atoms with van der Waals surface area (Å²) in [5.74, 6) is 2.50. The number of hydrogen-bond acceptors (Lipinski definition) is 2. The van der Waals surface area contributed by atoms with Crippen molar-refractivity contribution in [3.63, 3.8) is 0 Å². The van der Waals surface area contributed by atoms with Gasteiger partial charge in [-0.25, -0.2) is 0 Å². The molecule has 1 aromatic carbocycles. The zero-order chi connectivity index (χ0) is 10.6. The largest absolute Gasteiger partial charge is 0.270 e. The first-order chi connectivity index (χ1) is 6.63. The van der Waals surface area contributed by atoms with Crippen LogP contribution in [0, 0.1) is 22.5 Å². The van der Waals surface area contributed by atoms with E-state index in [0.717, 1.165) is 5.56 Å². The molecule has 72 valence electrons. The van der Waals surface area contributed by atoms with Gasteiger partial charge in [0.15, 0.2) is 0 Å². The van der Waals surface area contributed by atoms with Gasteiger partial charge in [-0.15, -0.1) is 12.3 Å². The maximum absolute atomic E-state index is 10.5. The highest BCUT2D eigenvalue weighted by Gasteiger charge is 2.07. The third-order valence-corrected chi connectivity index (χ3v) is 2.17. The van der Waals surface area contributed by atoms with Gasteiger partial charge in [-0.3, -0.25) is 10.1 Å². The molecule has 0 bridgehead atoms. The number of benzene rings is 1. The van der Waals surface area contributed by atoms with E-state index in [2.05, 4.69) is 21.9 Å². The lowest BCUT2D eigenvalue weighted by molar-refractivity contribution is -0.385. The van der Waals surface area contributed by atoms with Gasteiger partial charge in [-0.1, -0.05) is 15.9 Å². The van der Waals surface area contributed by atoms with Crippen molar-refractivity contribution < 1.29 is 4.92 Å². The summed E-state index contributed by atoms with van der Waals surface area (Å²) in [5, 5.41) is 10.5. The van der Waals surface area contributed by atoms with E-state index < -0.39 is 4.92 Å². The van der Waals surface area contributed by atoms with Gasteiger partial charge < -0.3 is 0 Å². The summed E-state index contributed by atoms with van der Waals surface area (Å²) < 4.78 is 0.707. The fraction of sp³-hybridized carbons (Fsp3) is 0.200. The second-order valence-corrected chi connectivity index (χ2v) is 3.69. The van der Waals surface area contributed by atoms with Crippen molar-refractivity contribution in [3.8, 4) is 12.3 Å². The summed E-state index contributed by atoms with van der Waals surface area (Å²) >= 11 is 3.22. The van der Waals surface area contributed by atoms with Crippen LogP contribution in [0.25, 0.3) is 0 Å². The molecule has 1 aromatic rings. The van der Waals surface area contributed by atoms with Crippen LogP contribution >= 0.6 is 15.9 Å². The second-order valence-electron chi connectivity index (χ2n) is 2.78. The van der Waals surface area contributed by atoms with Gasteiger partial charge in [-0.05, 0) is 18.1 Å². The van der Waals surface area contributed by atoms with Crippen LogP contribution in [-0.4, -0.2) is 4.92 Å². The van der Waals surface area contributed by atoms with Crippen LogP contribution in [0.2, 0.25) is 0 Å². The molecular weight excluding hydrogens is 246 g/mol.